The minimum Gasteiger partial charge on any atom is -0.329 e. The molecule has 4 nitrogen and oxygen atoms in total. The van der Waals surface area contributed by atoms with Gasteiger partial charge in [0.15, 0.2) is 0 Å². The van der Waals surface area contributed by atoms with Crippen LogP contribution >= 0.6 is 0 Å². The average molecular weight is 230 g/mol. The van der Waals surface area contributed by atoms with Gasteiger partial charge in [-0.2, -0.15) is 0 Å². The van der Waals surface area contributed by atoms with Gasteiger partial charge < -0.3 is 5.73 Å². The van der Waals surface area contributed by atoms with Gasteiger partial charge >= 0.3 is 0 Å². The van der Waals surface area contributed by atoms with E-state index in [-0.39, 0.29) is 0 Å². The molecule has 2 N–H and O–H groups in total. The second kappa shape index (κ2) is 5.70. The zero-order valence-corrected chi connectivity index (χ0v) is 10.1. The predicted octanol–water partition coefficient (Wildman–Crippen LogP) is 1.41. The summed E-state index contributed by atoms with van der Waals surface area (Å²) < 4.78 is 0. The summed E-state index contributed by atoms with van der Waals surface area (Å²) in [7, 11) is 0. The molecule has 0 spiro atoms. The van der Waals surface area contributed by atoms with Crippen LogP contribution in [0.1, 0.15) is 12.5 Å². The Morgan fingerprint density at radius 3 is 2.65 bits per heavy atom. The smallest absolute Gasteiger partial charge is 0.0890 e. The number of hydrogen-bond acceptors (Lipinski definition) is 4. The molecule has 1 aromatic carbocycles. The lowest BCUT2D eigenvalue weighted by Gasteiger charge is -2.19. The van der Waals surface area contributed by atoms with E-state index in [1.54, 1.807) is 12.4 Å². The fourth-order valence-electron chi connectivity index (χ4n) is 1.90. The van der Waals surface area contributed by atoms with Crippen LogP contribution in [0.3, 0.4) is 0 Å². The van der Waals surface area contributed by atoms with Gasteiger partial charge in [0.25, 0.3) is 0 Å². The van der Waals surface area contributed by atoms with Gasteiger partial charge in [-0.15, -0.1) is 0 Å². The van der Waals surface area contributed by atoms with E-state index in [4.69, 9.17) is 5.73 Å². The Balaban J connectivity index is 2.18. The number of nitrogens with zero attached hydrogens (tertiary/aromatic N) is 3. The molecule has 0 fully saturated rings. The van der Waals surface area contributed by atoms with Crippen LogP contribution in [-0.4, -0.2) is 34.5 Å². The highest BCUT2D eigenvalue weighted by atomic mass is 15.1. The highest BCUT2D eigenvalue weighted by Crippen LogP contribution is 2.12. The predicted molar refractivity (Wildman–Crippen MR) is 69.5 cm³/mol. The molecule has 2 rings (SSSR count). The van der Waals surface area contributed by atoms with Crippen molar-refractivity contribution in [3.8, 4) is 0 Å². The number of rotatable bonds is 5. The molecule has 0 unspecified atom stereocenters. The monoisotopic (exact) mass is 230 g/mol. The van der Waals surface area contributed by atoms with Gasteiger partial charge in [-0.25, -0.2) is 0 Å². The van der Waals surface area contributed by atoms with Crippen LogP contribution in [0.4, 0.5) is 0 Å². The molecule has 0 bridgehead atoms. The molecule has 0 radical (unpaired) electrons. The van der Waals surface area contributed by atoms with E-state index in [1.165, 1.54) is 5.56 Å². The largest absolute Gasteiger partial charge is 0.329 e. The molecule has 90 valence electrons. The third-order valence-electron chi connectivity index (χ3n) is 2.83. The Hall–Kier alpha value is -1.52. The van der Waals surface area contributed by atoms with Gasteiger partial charge in [0, 0.05) is 32.0 Å². The van der Waals surface area contributed by atoms with Crippen molar-refractivity contribution < 1.29 is 0 Å². The van der Waals surface area contributed by atoms with Crippen molar-refractivity contribution in [2.75, 3.05) is 19.6 Å². The third-order valence-corrected chi connectivity index (χ3v) is 2.83. The molecule has 1 heterocycles. The van der Waals surface area contributed by atoms with Crippen molar-refractivity contribution in [2.45, 2.75) is 13.5 Å². The van der Waals surface area contributed by atoms with E-state index in [9.17, 15) is 0 Å². The number of hydrogen-bond donors (Lipinski definition) is 1. The van der Waals surface area contributed by atoms with Gasteiger partial charge in [0.2, 0.25) is 0 Å². The van der Waals surface area contributed by atoms with E-state index in [1.807, 2.05) is 6.07 Å². The molecule has 0 atom stereocenters. The fraction of sp³-hybridized carbons (Fsp3) is 0.385. The Morgan fingerprint density at radius 1 is 1.18 bits per heavy atom. The van der Waals surface area contributed by atoms with Crippen LogP contribution in [0.15, 0.2) is 30.6 Å². The Bertz CT molecular complexity index is 484. The van der Waals surface area contributed by atoms with E-state index < -0.39 is 0 Å². The second-order valence-electron chi connectivity index (χ2n) is 4.04. The summed E-state index contributed by atoms with van der Waals surface area (Å²) in [4.78, 5) is 10.9. The molecule has 2 aromatic rings. The molecule has 17 heavy (non-hydrogen) atoms. The zero-order chi connectivity index (χ0) is 12.1. The molecule has 0 saturated heterocycles. The number of nitrogens with two attached hydrogens (primary N) is 1. The van der Waals surface area contributed by atoms with Crippen molar-refractivity contribution in [1.82, 2.24) is 14.9 Å². The summed E-state index contributed by atoms with van der Waals surface area (Å²) in [6, 6.07) is 6.23. The Morgan fingerprint density at radius 2 is 1.94 bits per heavy atom. The summed E-state index contributed by atoms with van der Waals surface area (Å²) in [5.41, 5.74) is 8.74. The van der Waals surface area contributed by atoms with Crippen LogP contribution in [0, 0.1) is 0 Å². The minimum atomic E-state index is 0.696. The summed E-state index contributed by atoms with van der Waals surface area (Å²) in [6.45, 7) is 5.70. The zero-order valence-electron chi connectivity index (χ0n) is 10.1. The second-order valence-corrected chi connectivity index (χ2v) is 4.04. The maximum absolute atomic E-state index is 5.59. The van der Waals surface area contributed by atoms with Gasteiger partial charge in [-0.05, 0) is 24.2 Å². The lowest BCUT2D eigenvalue weighted by Crippen LogP contribution is -2.28. The molecule has 0 aliphatic heterocycles. The van der Waals surface area contributed by atoms with E-state index in [0.717, 1.165) is 30.7 Å². The molecule has 0 aliphatic rings. The SMILES string of the molecule is CCN(CCN)Cc1ccc2nccnc2c1. The quantitative estimate of drug-likeness (QED) is 0.843. The lowest BCUT2D eigenvalue weighted by molar-refractivity contribution is 0.288. The van der Waals surface area contributed by atoms with Crippen LogP contribution in [0.25, 0.3) is 11.0 Å². The van der Waals surface area contributed by atoms with Crippen molar-refractivity contribution in [1.29, 1.82) is 0 Å². The maximum Gasteiger partial charge on any atom is 0.0890 e. The van der Waals surface area contributed by atoms with Crippen LogP contribution in [-0.2, 0) is 6.54 Å². The average Bonchev–Trinajstić information content (AvgIpc) is 2.38. The topological polar surface area (TPSA) is 55.0 Å². The standard InChI is InChI=1S/C13H18N4/c1-2-17(8-5-14)10-11-3-4-12-13(9-11)16-7-6-15-12/h3-4,6-7,9H,2,5,8,10,14H2,1H3. The maximum atomic E-state index is 5.59. The summed E-state index contributed by atoms with van der Waals surface area (Å²) in [5.74, 6) is 0. The van der Waals surface area contributed by atoms with Crippen molar-refractivity contribution >= 4 is 11.0 Å². The van der Waals surface area contributed by atoms with Gasteiger partial charge in [0.05, 0.1) is 11.0 Å². The molecular weight excluding hydrogens is 212 g/mol. The molecule has 1 aromatic heterocycles. The Kier molecular flexibility index (Phi) is 4.01. The summed E-state index contributed by atoms with van der Waals surface area (Å²) in [5, 5.41) is 0. The first-order valence-corrected chi connectivity index (χ1v) is 5.95. The highest BCUT2D eigenvalue weighted by molar-refractivity contribution is 5.74. The number of benzene rings is 1. The highest BCUT2D eigenvalue weighted by Gasteiger charge is 2.04. The van der Waals surface area contributed by atoms with E-state index in [0.29, 0.717) is 6.54 Å². The van der Waals surface area contributed by atoms with Crippen molar-refractivity contribution in [2.24, 2.45) is 5.73 Å². The molecule has 4 heteroatoms. The number of aromatic nitrogens is 2. The third kappa shape index (κ3) is 2.99. The van der Waals surface area contributed by atoms with Crippen LogP contribution in [0.5, 0.6) is 0 Å². The lowest BCUT2D eigenvalue weighted by atomic mass is 10.2. The number of fused-ring (bicyclic) bond motifs is 1. The normalized spacial score (nSPS) is 11.2. The van der Waals surface area contributed by atoms with Gasteiger partial charge in [-0.1, -0.05) is 13.0 Å². The fourth-order valence-corrected chi connectivity index (χ4v) is 1.90. The van der Waals surface area contributed by atoms with E-state index in [2.05, 4.69) is 33.9 Å². The minimum absolute atomic E-state index is 0.696. The molecule has 0 saturated carbocycles. The number of likely N-dealkylation sites (N-methyl/N-ethyl adjacent to an activating group) is 1. The van der Waals surface area contributed by atoms with Crippen molar-refractivity contribution in [3.63, 3.8) is 0 Å². The first kappa shape index (κ1) is 12.0. The Labute approximate surface area is 101 Å². The van der Waals surface area contributed by atoms with Crippen LogP contribution in [0.2, 0.25) is 0 Å². The first-order valence-electron chi connectivity index (χ1n) is 5.95. The van der Waals surface area contributed by atoms with Crippen molar-refractivity contribution in [3.05, 3.63) is 36.2 Å². The first-order chi connectivity index (χ1) is 8.33. The van der Waals surface area contributed by atoms with E-state index >= 15 is 0 Å². The van der Waals surface area contributed by atoms with Gasteiger partial charge in [-0.3, -0.25) is 14.9 Å². The molecule has 0 amide bonds. The summed E-state index contributed by atoms with van der Waals surface area (Å²) >= 11 is 0. The van der Waals surface area contributed by atoms with Gasteiger partial charge in [0.1, 0.15) is 0 Å². The molecular formula is C13H18N4. The summed E-state index contributed by atoms with van der Waals surface area (Å²) in [6.07, 6.45) is 3.44. The van der Waals surface area contributed by atoms with Crippen LogP contribution < -0.4 is 5.73 Å². The molecule has 0 aliphatic carbocycles.